The summed E-state index contributed by atoms with van der Waals surface area (Å²) in [6.45, 7) is 6.47. The van der Waals surface area contributed by atoms with Gasteiger partial charge in [0.25, 0.3) is 0 Å². The van der Waals surface area contributed by atoms with Crippen molar-refractivity contribution < 1.29 is 53.7 Å². The molecule has 0 aliphatic rings. The molecule has 0 fully saturated rings. The Morgan fingerprint density at radius 1 is 1.62 bits per heavy atom. The zero-order chi connectivity index (χ0) is 9.56. The molecule has 1 unspecified atom stereocenters. The molecule has 0 radical (unpaired) electrons. The maximum Gasteiger partial charge on any atom is 1.00 e. The van der Waals surface area contributed by atoms with Crippen molar-refractivity contribution in [3.05, 3.63) is 12.2 Å². The first-order valence-electron chi connectivity index (χ1n) is 3.08. The predicted octanol–water partition coefficient (Wildman–Crippen LogP) is -1.47. The molecule has 0 aliphatic carbocycles. The third kappa shape index (κ3) is 8.76. The SMILES string of the molecule is C=C(C)C(=O)OC(C)SOOO.[Na+]. The van der Waals surface area contributed by atoms with Crippen LogP contribution in [0.2, 0.25) is 0 Å². The fourth-order valence-electron chi connectivity index (χ4n) is 0.344. The first-order valence-corrected chi connectivity index (χ1v) is 3.88. The summed E-state index contributed by atoms with van der Waals surface area (Å²) >= 11 is 0.666. The Morgan fingerprint density at radius 2 is 2.15 bits per heavy atom. The summed E-state index contributed by atoms with van der Waals surface area (Å²) in [5, 5.41) is 11.1. The Balaban J connectivity index is 0. The van der Waals surface area contributed by atoms with E-state index >= 15 is 0 Å². The minimum absolute atomic E-state index is 0. The maximum atomic E-state index is 10.8. The van der Waals surface area contributed by atoms with Gasteiger partial charge in [0, 0.05) is 5.57 Å². The number of hydrogen-bond donors (Lipinski definition) is 1. The number of ether oxygens (including phenoxy) is 1. The molecule has 0 aromatic heterocycles. The van der Waals surface area contributed by atoms with E-state index in [1.807, 2.05) is 0 Å². The van der Waals surface area contributed by atoms with Crippen LogP contribution in [0.5, 0.6) is 0 Å². The number of hydrogen-bond acceptors (Lipinski definition) is 6. The molecule has 0 amide bonds. The topological polar surface area (TPSA) is 65.0 Å². The van der Waals surface area contributed by atoms with Crippen molar-refractivity contribution in [1.82, 2.24) is 0 Å². The van der Waals surface area contributed by atoms with Gasteiger partial charge in [-0.3, -0.25) is 0 Å². The maximum absolute atomic E-state index is 10.8. The predicted molar refractivity (Wildman–Crippen MR) is 42.8 cm³/mol. The summed E-state index contributed by atoms with van der Waals surface area (Å²) in [5.41, 5.74) is -0.270. The minimum Gasteiger partial charge on any atom is -0.446 e. The normalized spacial score (nSPS) is 11.3. The van der Waals surface area contributed by atoms with Crippen LogP contribution in [0.4, 0.5) is 0 Å². The minimum atomic E-state index is -0.568. The zero-order valence-electron chi connectivity index (χ0n) is 7.77. The second kappa shape index (κ2) is 9.01. The molecule has 0 bridgehead atoms. The summed E-state index contributed by atoms with van der Waals surface area (Å²) in [7, 11) is 0. The third-order valence-corrected chi connectivity index (χ3v) is 1.33. The molecule has 0 rings (SSSR count). The van der Waals surface area contributed by atoms with Gasteiger partial charge in [0.15, 0.2) is 5.44 Å². The van der Waals surface area contributed by atoms with Gasteiger partial charge in [-0.2, -0.15) is 0 Å². The molecular formula is C6H10NaO5S+. The van der Waals surface area contributed by atoms with Gasteiger partial charge in [-0.25, -0.2) is 10.1 Å². The van der Waals surface area contributed by atoms with Crippen LogP contribution in [0.3, 0.4) is 0 Å². The third-order valence-electron chi connectivity index (χ3n) is 0.827. The van der Waals surface area contributed by atoms with Crippen molar-refractivity contribution in [3.8, 4) is 0 Å². The van der Waals surface area contributed by atoms with Gasteiger partial charge in [-0.05, 0) is 13.8 Å². The van der Waals surface area contributed by atoms with E-state index in [0.29, 0.717) is 17.6 Å². The fraction of sp³-hybridized carbons (Fsp3) is 0.500. The van der Waals surface area contributed by atoms with Crippen LogP contribution in [0.1, 0.15) is 13.8 Å². The van der Waals surface area contributed by atoms with E-state index in [1.165, 1.54) is 6.92 Å². The van der Waals surface area contributed by atoms with Gasteiger partial charge >= 0.3 is 35.5 Å². The molecular weight excluding hydrogens is 207 g/mol. The molecule has 13 heavy (non-hydrogen) atoms. The molecule has 70 valence electrons. The van der Waals surface area contributed by atoms with E-state index in [4.69, 9.17) is 9.99 Å². The van der Waals surface area contributed by atoms with Crippen LogP contribution < -0.4 is 29.6 Å². The second-order valence-electron chi connectivity index (χ2n) is 1.99. The van der Waals surface area contributed by atoms with Gasteiger partial charge in [0.05, 0.1) is 12.0 Å². The first kappa shape index (κ1) is 15.9. The Kier molecular flexibility index (Phi) is 11.0. The largest absolute Gasteiger partial charge is 1.00 e. The molecule has 1 N–H and O–H groups in total. The Bertz CT molecular complexity index is 174. The molecule has 1 atom stereocenters. The molecule has 0 heterocycles. The molecule has 0 spiro atoms. The van der Waals surface area contributed by atoms with Gasteiger partial charge in [0.2, 0.25) is 0 Å². The number of carbonyl (C=O) groups excluding carboxylic acids is 1. The second-order valence-corrected chi connectivity index (χ2v) is 2.98. The molecule has 0 saturated heterocycles. The van der Waals surface area contributed by atoms with Crippen molar-refractivity contribution in [2.45, 2.75) is 19.3 Å². The van der Waals surface area contributed by atoms with Gasteiger partial charge in [-0.15, -0.1) is 4.33 Å². The smallest absolute Gasteiger partial charge is 0.446 e. The zero-order valence-corrected chi connectivity index (χ0v) is 10.6. The van der Waals surface area contributed by atoms with E-state index < -0.39 is 11.4 Å². The number of rotatable bonds is 5. The quantitative estimate of drug-likeness (QED) is 0.115. The molecule has 0 aromatic rings. The average Bonchev–Trinajstić information content (AvgIpc) is 2.00. The summed E-state index contributed by atoms with van der Waals surface area (Å²) < 4.78 is 8.76. The summed E-state index contributed by atoms with van der Waals surface area (Å²) in [6.07, 6.45) is 0. The molecule has 0 saturated carbocycles. The van der Waals surface area contributed by atoms with Crippen LogP contribution in [0, 0.1) is 0 Å². The van der Waals surface area contributed by atoms with Crippen molar-refractivity contribution in [2.24, 2.45) is 0 Å². The van der Waals surface area contributed by atoms with Crippen LogP contribution in [-0.4, -0.2) is 16.7 Å². The molecule has 0 aromatic carbocycles. The van der Waals surface area contributed by atoms with Gasteiger partial charge in [0.1, 0.15) is 0 Å². The van der Waals surface area contributed by atoms with Gasteiger partial charge in [-0.1, -0.05) is 11.6 Å². The van der Waals surface area contributed by atoms with Crippen LogP contribution >= 0.6 is 12.0 Å². The Morgan fingerprint density at radius 3 is 2.54 bits per heavy atom. The summed E-state index contributed by atoms with van der Waals surface area (Å²) in [4.78, 5) is 10.8. The van der Waals surface area contributed by atoms with Gasteiger partial charge < -0.3 is 4.74 Å². The molecule has 5 nitrogen and oxygen atoms in total. The van der Waals surface area contributed by atoms with E-state index in [-0.39, 0.29) is 29.6 Å². The summed E-state index contributed by atoms with van der Waals surface area (Å²) in [5.74, 6) is -0.517. The molecule has 7 heteroatoms. The first-order chi connectivity index (χ1) is 5.57. The van der Waals surface area contributed by atoms with Crippen molar-refractivity contribution >= 4 is 18.0 Å². The van der Waals surface area contributed by atoms with E-state index in [9.17, 15) is 4.79 Å². The Hall–Kier alpha value is 0.440. The number of esters is 1. The summed E-state index contributed by atoms with van der Waals surface area (Å²) in [6, 6.07) is 0. The van der Waals surface area contributed by atoms with Crippen molar-refractivity contribution in [2.75, 3.05) is 0 Å². The van der Waals surface area contributed by atoms with Crippen LogP contribution in [0.15, 0.2) is 12.2 Å². The monoisotopic (exact) mass is 217 g/mol. The number of carbonyl (C=O) groups is 1. The molecule has 0 aliphatic heterocycles. The van der Waals surface area contributed by atoms with E-state index in [2.05, 4.69) is 16.0 Å². The average molecular weight is 217 g/mol. The standard InChI is InChI=1S/C6H10O5S.Na/c1-4(2)6(7)9-5(3)12-11-10-8;/h5,8H,1H2,2-3H3;/q;+1. The van der Waals surface area contributed by atoms with E-state index in [1.54, 1.807) is 6.92 Å². The van der Waals surface area contributed by atoms with Crippen molar-refractivity contribution in [1.29, 1.82) is 0 Å². The van der Waals surface area contributed by atoms with E-state index in [0.717, 1.165) is 0 Å². The fourth-order valence-corrected chi connectivity index (χ4v) is 0.616. The van der Waals surface area contributed by atoms with Crippen LogP contribution in [0.25, 0.3) is 0 Å². The Labute approximate surface area is 103 Å². The van der Waals surface area contributed by atoms with Crippen molar-refractivity contribution in [3.63, 3.8) is 0 Å². The van der Waals surface area contributed by atoms with Crippen LogP contribution in [-0.2, 0) is 18.9 Å².